The molecule has 0 atom stereocenters. The number of aryl methyl sites for hydroxylation is 2. The van der Waals surface area contributed by atoms with Crippen LogP contribution in [-0.2, 0) is 9.53 Å². The Kier molecular flexibility index (Phi) is 7.80. The Morgan fingerprint density at radius 3 is 2.05 bits per heavy atom. The Hall–Kier alpha value is -1.65. The average molecular weight is 281 g/mol. The van der Waals surface area contributed by atoms with Crippen molar-refractivity contribution < 1.29 is 9.53 Å². The lowest BCUT2D eigenvalue weighted by Crippen LogP contribution is -2.28. The van der Waals surface area contributed by atoms with E-state index in [4.69, 9.17) is 4.74 Å². The van der Waals surface area contributed by atoms with Gasteiger partial charge in [0.15, 0.2) is 0 Å². The summed E-state index contributed by atoms with van der Waals surface area (Å²) in [5.41, 5.74) is 1.26. The van der Waals surface area contributed by atoms with Gasteiger partial charge in [-0.2, -0.15) is 0 Å². The highest BCUT2D eigenvalue weighted by Crippen LogP contribution is 2.07. The summed E-state index contributed by atoms with van der Waals surface area (Å²) in [6.07, 6.45) is 1.25. The molecule has 0 aliphatic rings. The monoisotopic (exact) mass is 281 g/mol. The molecule has 0 aliphatic carbocycles. The molecular weight excluding hydrogens is 254 g/mol. The molecule has 0 saturated carbocycles. The van der Waals surface area contributed by atoms with Gasteiger partial charge in [-0.15, -0.1) is 0 Å². The van der Waals surface area contributed by atoms with Gasteiger partial charge in [0.2, 0.25) is 5.95 Å². The highest BCUT2D eigenvalue weighted by atomic mass is 16.6. The topological polar surface area (TPSA) is 64.1 Å². The van der Waals surface area contributed by atoms with Crippen LogP contribution in [0.5, 0.6) is 0 Å². The number of rotatable bonds is 3. The molecule has 0 radical (unpaired) electrons. The first-order chi connectivity index (χ1) is 9.17. The molecule has 1 aromatic rings. The third-order valence-corrected chi connectivity index (χ3v) is 1.79. The second kappa shape index (κ2) is 8.51. The predicted molar refractivity (Wildman–Crippen MR) is 81.8 cm³/mol. The van der Waals surface area contributed by atoms with E-state index >= 15 is 0 Å². The Bertz CT molecular complexity index is 405. The fourth-order valence-electron chi connectivity index (χ4n) is 1.33. The summed E-state index contributed by atoms with van der Waals surface area (Å²) in [6.45, 7) is 13.6. The van der Waals surface area contributed by atoms with E-state index < -0.39 is 5.60 Å². The largest absolute Gasteiger partial charge is 0.459 e. The van der Waals surface area contributed by atoms with Gasteiger partial charge in [-0.1, -0.05) is 20.3 Å². The van der Waals surface area contributed by atoms with Crippen molar-refractivity contribution in [1.29, 1.82) is 0 Å². The van der Waals surface area contributed by atoms with Gasteiger partial charge in [-0.25, -0.2) is 9.97 Å². The molecule has 1 rings (SSSR count). The van der Waals surface area contributed by atoms with Gasteiger partial charge in [-0.05, 0) is 40.7 Å². The summed E-state index contributed by atoms with van der Waals surface area (Å²) < 4.78 is 5.16. The molecule has 0 saturated heterocycles. The van der Waals surface area contributed by atoms with Crippen LogP contribution in [0.25, 0.3) is 0 Å². The number of carbonyl (C=O) groups is 1. The van der Waals surface area contributed by atoms with Gasteiger partial charge >= 0.3 is 5.97 Å². The number of nitrogens with zero attached hydrogens (tertiary/aromatic N) is 2. The predicted octanol–water partition coefficient (Wildman–Crippen LogP) is 3.26. The Morgan fingerprint density at radius 2 is 1.65 bits per heavy atom. The van der Waals surface area contributed by atoms with E-state index in [0.717, 1.165) is 11.4 Å². The number of ether oxygens (including phenoxy) is 1. The van der Waals surface area contributed by atoms with E-state index in [1.54, 1.807) is 0 Å². The minimum absolute atomic E-state index is 0.0696. The SMILES string of the molecule is CCC.Cc1cc(C)nc(NCC(=O)OC(C)(C)C)n1. The number of carbonyl (C=O) groups excluding carboxylic acids is 1. The zero-order valence-corrected chi connectivity index (χ0v) is 13.7. The average Bonchev–Trinajstić information content (AvgIpc) is 2.24. The number of anilines is 1. The Balaban J connectivity index is 0.00000110. The van der Waals surface area contributed by atoms with Crippen molar-refractivity contribution in [2.75, 3.05) is 11.9 Å². The van der Waals surface area contributed by atoms with Crippen LogP contribution in [0, 0.1) is 13.8 Å². The van der Waals surface area contributed by atoms with Gasteiger partial charge in [-0.3, -0.25) is 4.79 Å². The number of hydrogen-bond donors (Lipinski definition) is 1. The van der Waals surface area contributed by atoms with Gasteiger partial charge in [0.1, 0.15) is 12.1 Å². The quantitative estimate of drug-likeness (QED) is 0.861. The second-order valence-electron chi connectivity index (χ2n) is 5.62. The molecular formula is C15H27N3O2. The third kappa shape index (κ3) is 9.30. The normalized spacial score (nSPS) is 10.3. The third-order valence-electron chi connectivity index (χ3n) is 1.79. The standard InChI is InChI=1S/C12H19N3O2.C3H8/c1-8-6-9(2)15-11(14-8)13-7-10(16)17-12(3,4)5;1-3-2/h6H,7H2,1-5H3,(H,13,14,15);3H2,1-2H3. The lowest BCUT2D eigenvalue weighted by Gasteiger charge is -2.19. The molecule has 0 aromatic carbocycles. The molecule has 5 nitrogen and oxygen atoms in total. The van der Waals surface area contributed by atoms with Crippen LogP contribution in [-0.4, -0.2) is 28.1 Å². The van der Waals surface area contributed by atoms with Crippen molar-refractivity contribution in [3.8, 4) is 0 Å². The molecule has 0 amide bonds. The van der Waals surface area contributed by atoms with E-state index in [9.17, 15) is 4.79 Å². The van der Waals surface area contributed by atoms with Crippen molar-refractivity contribution in [3.05, 3.63) is 17.5 Å². The molecule has 0 aliphatic heterocycles. The van der Waals surface area contributed by atoms with E-state index in [1.807, 2.05) is 40.7 Å². The van der Waals surface area contributed by atoms with Crippen molar-refractivity contribution in [1.82, 2.24) is 9.97 Å². The Labute approximate surface area is 122 Å². The first-order valence-corrected chi connectivity index (χ1v) is 6.96. The van der Waals surface area contributed by atoms with Crippen LogP contribution < -0.4 is 5.32 Å². The molecule has 1 aromatic heterocycles. The fourth-order valence-corrected chi connectivity index (χ4v) is 1.33. The van der Waals surface area contributed by atoms with E-state index in [-0.39, 0.29) is 12.5 Å². The van der Waals surface area contributed by atoms with Crippen LogP contribution in [0.2, 0.25) is 0 Å². The maximum absolute atomic E-state index is 11.5. The summed E-state index contributed by atoms with van der Waals surface area (Å²) in [5, 5.41) is 2.85. The van der Waals surface area contributed by atoms with E-state index in [0.29, 0.717) is 5.95 Å². The van der Waals surface area contributed by atoms with Crippen molar-refractivity contribution >= 4 is 11.9 Å². The Morgan fingerprint density at radius 1 is 1.20 bits per heavy atom. The minimum atomic E-state index is -0.470. The highest BCUT2D eigenvalue weighted by molar-refractivity contribution is 5.74. The van der Waals surface area contributed by atoms with E-state index in [2.05, 4.69) is 29.1 Å². The summed E-state index contributed by atoms with van der Waals surface area (Å²) in [7, 11) is 0. The number of hydrogen-bond acceptors (Lipinski definition) is 5. The van der Waals surface area contributed by atoms with Crippen LogP contribution in [0.1, 0.15) is 52.4 Å². The maximum atomic E-state index is 11.5. The highest BCUT2D eigenvalue weighted by Gasteiger charge is 2.16. The molecule has 1 heterocycles. The van der Waals surface area contributed by atoms with Crippen molar-refractivity contribution in [3.63, 3.8) is 0 Å². The summed E-state index contributed by atoms with van der Waals surface area (Å²) in [6, 6.07) is 1.87. The lowest BCUT2D eigenvalue weighted by molar-refractivity contribution is -0.152. The fraction of sp³-hybridized carbons (Fsp3) is 0.667. The zero-order valence-electron chi connectivity index (χ0n) is 13.7. The number of aromatic nitrogens is 2. The van der Waals surface area contributed by atoms with Crippen LogP contribution in [0.15, 0.2) is 6.07 Å². The summed E-state index contributed by atoms with van der Waals surface area (Å²) >= 11 is 0. The number of esters is 1. The van der Waals surface area contributed by atoms with Crippen LogP contribution >= 0.6 is 0 Å². The lowest BCUT2D eigenvalue weighted by atomic mass is 10.2. The number of nitrogens with one attached hydrogen (secondary N) is 1. The molecule has 1 N–H and O–H groups in total. The molecule has 0 bridgehead atoms. The smallest absolute Gasteiger partial charge is 0.325 e. The molecule has 0 fully saturated rings. The van der Waals surface area contributed by atoms with Gasteiger partial charge in [0, 0.05) is 11.4 Å². The van der Waals surface area contributed by atoms with Crippen molar-refractivity contribution in [2.45, 2.75) is 60.5 Å². The summed E-state index contributed by atoms with van der Waals surface area (Å²) in [5.74, 6) is 0.133. The first-order valence-electron chi connectivity index (χ1n) is 6.96. The van der Waals surface area contributed by atoms with Crippen LogP contribution in [0.3, 0.4) is 0 Å². The molecule has 114 valence electrons. The molecule has 5 heteroatoms. The molecule has 0 unspecified atom stereocenters. The molecule has 0 spiro atoms. The summed E-state index contributed by atoms with van der Waals surface area (Å²) in [4.78, 5) is 19.8. The van der Waals surface area contributed by atoms with Gasteiger partial charge in [0.05, 0.1) is 0 Å². The first kappa shape index (κ1) is 18.4. The van der Waals surface area contributed by atoms with Crippen LogP contribution in [0.4, 0.5) is 5.95 Å². The van der Waals surface area contributed by atoms with E-state index in [1.165, 1.54) is 6.42 Å². The van der Waals surface area contributed by atoms with Gasteiger partial charge < -0.3 is 10.1 Å². The molecule has 20 heavy (non-hydrogen) atoms. The maximum Gasteiger partial charge on any atom is 0.325 e. The van der Waals surface area contributed by atoms with Crippen molar-refractivity contribution in [2.24, 2.45) is 0 Å². The zero-order chi connectivity index (χ0) is 15.8. The second-order valence-corrected chi connectivity index (χ2v) is 5.62. The minimum Gasteiger partial charge on any atom is -0.459 e. The van der Waals surface area contributed by atoms with Gasteiger partial charge in [0.25, 0.3) is 0 Å².